The van der Waals surface area contributed by atoms with Gasteiger partial charge in [0.05, 0.1) is 0 Å². The van der Waals surface area contributed by atoms with Gasteiger partial charge in [-0.1, -0.05) is 308 Å². The zero-order chi connectivity index (χ0) is 53.6. The van der Waals surface area contributed by atoms with Crippen LogP contribution in [0.15, 0.2) is 24.3 Å². The van der Waals surface area contributed by atoms with Crippen LogP contribution in [0.2, 0.25) is 0 Å². The second kappa shape index (κ2) is 63.4. The van der Waals surface area contributed by atoms with E-state index in [1.165, 1.54) is 263 Å². The lowest BCUT2D eigenvalue weighted by Gasteiger charge is -2.18. The summed E-state index contributed by atoms with van der Waals surface area (Å²) >= 11 is 0. The Morgan fingerprint density at radius 2 is 0.446 bits per heavy atom. The van der Waals surface area contributed by atoms with Crippen molar-refractivity contribution in [2.45, 2.75) is 380 Å². The van der Waals surface area contributed by atoms with E-state index in [0.717, 1.165) is 70.6 Å². The van der Waals surface area contributed by atoms with Gasteiger partial charge in [0.25, 0.3) is 0 Å². The van der Waals surface area contributed by atoms with Crippen LogP contribution in [0.3, 0.4) is 0 Å². The fourth-order valence-electron chi connectivity index (χ4n) is 10.1. The maximum absolute atomic E-state index is 12.9. The maximum atomic E-state index is 12.9. The minimum absolute atomic E-state index is 0.0725. The van der Waals surface area contributed by atoms with Gasteiger partial charge in [0.15, 0.2) is 6.10 Å². The first kappa shape index (κ1) is 71.9. The number of allylic oxidation sites excluding steroid dienone is 4. The van der Waals surface area contributed by atoms with Gasteiger partial charge in [-0.25, -0.2) is 0 Å². The van der Waals surface area contributed by atoms with E-state index in [1.807, 2.05) is 0 Å². The molecule has 0 heterocycles. The Morgan fingerprint density at radius 1 is 0.257 bits per heavy atom. The number of unbranched alkanes of at least 4 members (excludes halogenated alkanes) is 47. The Bertz CT molecular complexity index is 1190. The van der Waals surface area contributed by atoms with Crippen molar-refractivity contribution in [1.82, 2.24) is 0 Å². The van der Waals surface area contributed by atoms with Gasteiger partial charge in [0.1, 0.15) is 13.2 Å². The van der Waals surface area contributed by atoms with E-state index < -0.39 is 6.10 Å². The first-order valence-electron chi connectivity index (χ1n) is 33.3. The average molecular weight is 1040 g/mol. The summed E-state index contributed by atoms with van der Waals surface area (Å²) in [4.78, 5) is 38.3. The number of esters is 3. The Balaban J connectivity index is 4.16. The molecule has 74 heavy (non-hydrogen) atoms. The van der Waals surface area contributed by atoms with Gasteiger partial charge < -0.3 is 14.2 Å². The molecule has 0 rings (SSSR count). The summed E-state index contributed by atoms with van der Waals surface area (Å²) in [5.74, 6) is -0.865. The summed E-state index contributed by atoms with van der Waals surface area (Å²) in [6, 6.07) is 0. The zero-order valence-electron chi connectivity index (χ0n) is 50.1. The molecule has 0 fully saturated rings. The molecule has 0 aromatic carbocycles. The summed E-state index contributed by atoms with van der Waals surface area (Å²) in [6.45, 7) is 6.67. The lowest BCUT2D eigenvalue weighted by Crippen LogP contribution is -2.30. The Kier molecular flexibility index (Phi) is 61.6. The zero-order valence-corrected chi connectivity index (χ0v) is 50.1. The second-order valence-corrected chi connectivity index (χ2v) is 22.7. The van der Waals surface area contributed by atoms with E-state index in [9.17, 15) is 14.4 Å². The minimum Gasteiger partial charge on any atom is -0.462 e. The molecule has 0 aliphatic carbocycles. The smallest absolute Gasteiger partial charge is 0.306 e. The van der Waals surface area contributed by atoms with Crippen LogP contribution in [-0.4, -0.2) is 37.2 Å². The molecule has 0 aromatic heterocycles. The van der Waals surface area contributed by atoms with Gasteiger partial charge in [-0.05, 0) is 70.6 Å². The largest absolute Gasteiger partial charge is 0.462 e. The Labute approximate surface area is 462 Å². The number of carbonyl (C=O) groups excluding carboxylic acids is 3. The van der Waals surface area contributed by atoms with Gasteiger partial charge in [-0.2, -0.15) is 0 Å². The lowest BCUT2D eigenvalue weighted by atomic mass is 10.0. The van der Waals surface area contributed by atoms with Crippen LogP contribution in [0, 0.1) is 0 Å². The molecule has 0 aliphatic heterocycles. The van der Waals surface area contributed by atoms with Crippen LogP contribution in [0.1, 0.15) is 374 Å². The third-order valence-corrected chi connectivity index (χ3v) is 15.2. The monoisotopic (exact) mass is 1040 g/mol. The van der Waals surface area contributed by atoms with Gasteiger partial charge in [-0.3, -0.25) is 14.4 Å². The van der Waals surface area contributed by atoms with Crippen molar-refractivity contribution in [3.8, 4) is 0 Å². The number of ether oxygens (including phenoxy) is 3. The third-order valence-electron chi connectivity index (χ3n) is 15.2. The first-order valence-corrected chi connectivity index (χ1v) is 33.3. The molecule has 0 saturated heterocycles. The van der Waals surface area contributed by atoms with Gasteiger partial charge >= 0.3 is 17.9 Å². The van der Waals surface area contributed by atoms with Crippen molar-refractivity contribution in [1.29, 1.82) is 0 Å². The van der Waals surface area contributed by atoms with Crippen molar-refractivity contribution in [3.05, 3.63) is 24.3 Å². The fraction of sp³-hybridized carbons (Fsp3) is 0.897. The molecule has 0 aromatic rings. The van der Waals surface area contributed by atoms with E-state index in [1.54, 1.807) is 0 Å². The predicted octanol–water partition coefficient (Wildman–Crippen LogP) is 22.6. The molecule has 0 N–H and O–H groups in total. The summed E-state index contributed by atoms with van der Waals surface area (Å²) < 4.78 is 16.9. The number of hydrogen-bond donors (Lipinski definition) is 0. The van der Waals surface area contributed by atoms with E-state index in [0.29, 0.717) is 19.3 Å². The highest BCUT2D eigenvalue weighted by Gasteiger charge is 2.19. The van der Waals surface area contributed by atoms with Crippen molar-refractivity contribution in [2.75, 3.05) is 13.2 Å². The van der Waals surface area contributed by atoms with Gasteiger partial charge in [0.2, 0.25) is 0 Å². The summed E-state index contributed by atoms with van der Waals surface area (Å²) in [5, 5.41) is 0. The van der Waals surface area contributed by atoms with Crippen LogP contribution in [0.4, 0.5) is 0 Å². The molecule has 436 valence electrons. The molecule has 0 bridgehead atoms. The van der Waals surface area contributed by atoms with Crippen LogP contribution >= 0.6 is 0 Å². The number of hydrogen-bond acceptors (Lipinski definition) is 6. The maximum Gasteiger partial charge on any atom is 0.306 e. The third kappa shape index (κ3) is 60.8. The Hall–Kier alpha value is -2.11. The van der Waals surface area contributed by atoms with Crippen LogP contribution in [0.5, 0.6) is 0 Å². The lowest BCUT2D eigenvalue weighted by molar-refractivity contribution is -0.167. The second-order valence-electron chi connectivity index (χ2n) is 22.7. The summed E-state index contributed by atoms with van der Waals surface area (Å²) in [6.07, 6.45) is 76.4. The van der Waals surface area contributed by atoms with Crippen molar-refractivity contribution in [3.63, 3.8) is 0 Å². The predicted molar refractivity (Wildman–Crippen MR) is 321 cm³/mol. The molecule has 0 radical (unpaired) electrons. The first-order chi connectivity index (χ1) is 36.5. The quantitative estimate of drug-likeness (QED) is 0.0261. The van der Waals surface area contributed by atoms with Crippen molar-refractivity contribution in [2.24, 2.45) is 0 Å². The highest BCUT2D eigenvalue weighted by Crippen LogP contribution is 2.18. The molecule has 6 heteroatoms. The van der Waals surface area contributed by atoms with E-state index >= 15 is 0 Å². The average Bonchev–Trinajstić information content (AvgIpc) is 3.40. The number of carbonyl (C=O) groups is 3. The molecule has 6 nitrogen and oxygen atoms in total. The van der Waals surface area contributed by atoms with Crippen LogP contribution in [-0.2, 0) is 28.6 Å². The molecule has 0 saturated carbocycles. The molecular formula is C68H128O6. The van der Waals surface area contributed by atoms with E-state index in [-0.39, 0.29) is 31.1 Å². The fourth-order valence-corrected chi connectivity index (χ4v) is 10.1. The van der Waals surface area contributed by atoms with Crippen LogP contribution < -0.4 is 0 Å². The topological polar surface area (TPSA) is 78.9 Å². The normalized spacial score (nSPS) is 12.1. The molecule has 0 aliphatic rings. The standard InChI is InChI=1S/C68H128O6/c1-4-7-10-13-16-19-22-25-28-29-30-31-32-33-34-35-36-37-38-39-40-41-44-46-49-52-55-58-61-67(70)73-64-65(74-68(71)62-59-56-53-50-47-43-27-24-21-18-15-12-9-6-3)63-72-66(69)60-57-54-51-48-45-42-26-23-20-17-14-11-8-5-2/h23-24,26-27,65H,4-22,25,28-64H2,1-3H3/b26-23-,27-24-. The summed E-state index contributed by atoms with van der Waals surface area (Å²) in [5.41, 5.74) is 0. The highest BCUT2D eigenvalue weighted by atomic mass is 16.6. The van der Waals surface area contributed by atoms with Crippen molar-refractivity contribution >= 4 is 17.9 Å². The van der Waals surface area contributed by atoms with E-state index in [2.05, 4.69) is 45.1 Å². The molecule has 0 amide bonds. The highest BCUT2D eigenvalue weighted by molar-refractivity contribution is 5.71. The molecule has 0 spiro atoms. The Morgan fingerprint density at radius 3 is 0.676 bits per heavy atom. The molecule has 1 unspecified atom stereocenters. The minimum atomic E-state index is -0.776. The SMILES string of the molecule is CCCCCCC/C=C\CCCCCCCC(=O)OCC(COC(=O)CCCCCCCCCCCCCCCCCCCCCCCCCCCCCC)OC(=O)CCCCCCC/C=C\CCCCCCC. The van der Waals surface area contributed by atoms with Gasteiger partial charge in [-0.15, -0.1) is 0 Å². The van der Waals surface area contributed by atoms with Crippen LogP contribution in [0.25, 0.3) is 0 Å². The molecular weight excluding hydrogens is 913 g/mol. The number of rotatable bonds is 62. The van der Waals surface area contributed by atoms with Gasteiger partial charge in [0, 0.05) is 19.3 Å². The molecule has 1 atom stereocenters. The van der Waals surface area contributed by atoms with E-state index in [4.69, 9.17) is 14.2 Å². The summed E-state index contributed by atoms with van der Waals surface area (Å²) in [7, 11) is 0. The van der Waals surface area contributed by atoms with Crippen molar-refractivity contribution < 1.29 is 28.6 Å².